The number of likely N-dealkylation sites (N-methyl/N-ethyl adjacent to an activating group) is 1. The van der Waals surface area contributed by atoms with Gasteiger partial charge in [0.1, 0.15) is 0 Å². The first-order valence-corrected chi connectivity index (χ1v) is 8.58. The van der Waals surface area contributed by atoms with Crippen molar-refractivity contribution in [2.45, 2.75) is 37.6 Å². The van der Waals surface area contributed by atoms with Gasteiger partial charge in [0, 0.05) is 15.9 Å². The topological polar surface area (TPSA) is 12.0 Å². The van der Waals surface area contributed by atoms with E-state index in [0.717, 1.165) is 13.0 Å². The first-order chi connectivity index (χ1) is 10.3. The molecular formula is C19H22BrN. The van der Waals surface area contributed by atoms with Gasteiger partial charge in [-0.2, -0.15) is 0 Å². The van der Waals surface area contributed by atoms with Crippen molar-refractivity contribution in [1.82, 2.24) is 5.32 Å². The van der Waals surface area contributed by atoms with E-state index in [0.29, 0.717) is 11.5 Å². The monoisotopic (exact) mass is 343 g/mol. The molecule has 1 unspecified atom stereocenters. The van der Waals surface area contributed by atoms with Crippen molar-refractivity contribution in [1.29, 1.82) is 0 Å². The molecule has 0 radical (unpaired) electrons. The van der Waals surface area contributed by atoms with Gasteiger partial charge in [0.2, 0.25) is 0 Å². The van der Waals surface area contributed by atoms with E-state index in [1.165, 1.54) is 28.4 Å². The third-order valence-corrected chi connectivity index (χ3v) is 5.41. The molecule has 1 nitrogen and oxygen atoms in total. The highest BCUT2D eigenvalue weighted by molar-refractivity contribution is 9.10. The van der Waals surface area contributed by atoms with Crippen LogP contribution in [0.2, 0.25) is 0 Å². The van der Waals surface area contributed by atoms with Crippen molar-refractivity contribution < 1.29 is 0 Å². The van der Waals surface area contributed by atoms with E-state index < -0.39 is 0 Å². The summed E-state index contributed by atoms with van der Waals surface area (Å²) in [6, 6.07) is 20.1. The largest absolute Gasteiger partial charge is 0.313 e. The Morgan fingerprint density at radius 3 is 2.33 bits per heavy atom. The van der Waals surface area contributed by atoms with Crippen LogP contribution in [0.5, 0.6) is 0 Å². The second kappa shape index (κ2) is 6.33. The van der Waals surface area contributed by atoms with E-state index in [1.54, 1.807) is 0 Å². The molecule has 1 aliphatic rings. The number of benzene rings is 2. The molecule has 110 valence electrons. The summed E-state index contributed by atoms with van der Waals surface area (Å²) in [6.07, 6.45) is 3.66. The molecule has 21 heavy (non-hydrogen) atoms. The highest BCUT2D eigenvalue weighted by Gasteiger charge is 2.50. The van der Waals surface area contributed by atoms with Crippen molar-refractivity contribution >= 4 is 15.9 Å². The summed E-state index contributed by atoms with van der Waals surface area (Å²) >= 11 is 3.69. The lowest BCUT2D eigenvalue weighted by atomic mass is 9.84. The summed E-state index contributed by atoms with van der Waals surface area (Å²) < 4.78 is 1.22. The van der Waals surface area contributed by atoms with Crippen LogP contribution in [0.3, 0.4) is 0 Å². The molecule has 3 rings (SSSR count). The molecule has 1 fully saturated rings. The molecule has 1 N–H and O–H groups in total. The standard InChI is InChI=1S/C19H22BrN/c1-2-21-18(14-15-8-6-7-11-17(15)20)19(12-13-19)16-9-4-3-5-10-16/h3-11,18,21H,2,12-14H2,1H3. The van der Waals surface area contributed by atoms with Gasteiger partial charge in [0.25, 0.3) is 0 Å². The fourth-order valence-corrected chi connectivity index (χ4v) is 3.78. The van der Waals surface area contributed by atoms with Crippen LogP contribution >= 0.6 is 15.9 Å². The number of nitrogens with one attached hydrogen (secondary N) is 1. The second-order valence-electron chi connectivity index (χ2n) is 5.93. The zero-order chi connectivity index (χ0) is 14.7. The van der Waals surface area contributed by atoms with Crippen LogP contribution in [0, 0.1) is 0 Å². The van der Waals surface area contributed by atoms with Crippen LogP contribution in [0.4, 0.5) is 0 Å². The first-order valence-electron chi connectivity index (χ1n) is 7.78. The van der Waals surface area contributed by atoms with E-state index in [4.69, 9.17) is 0 Å². The zero-order valence-corrected chi connectivity index (χ0v) is 14.1. The summed E-state index contributed by atoms with van der Waals surface area (Å²) in [7, 11) is 0. The Kier molecular flexibility index (Phi) is 4.46. The molecular weight excluding hydrogens is 322 g/mol. The molecule has 0 saturated heterocycles. The smallest absolute Gasteiger partial charge is 0.0207 e. The zero-order valence-electron chi connectivity index (χ0n) is 12.5. The highest BCUT2D eigenvalue weighted by Crippen LogP contribution is 2.51. The van der Waals surface area contributed by atoms with Gasteiger partial charge < -0.3 is 5.32 Å². The van der Waals surface area contributed by atoms with Crippen LogP contribution < -0.4 is 5.32 Å². The molecule has 1 aliphatic carbocycles. The molecule has 0 amide bonds. The van der Waals surface area contributed by atoms with Gasteiger partial charge in [-0.1, -0.05) is 71.4 Å². The maximum absolute atomic E-state index is 3.74. The van der Waals surface area contributed by atoms with E-state index in [2.05, 4.69) is 82.8 Å². The average Bonchev–Trinajstić information content (AvgIpc) is 3.32. The summed E-state index contributed by atoms with van der Waals surface area (Å²) in [5.41, 5.74) is 3.21. The molecule has 2 heteroatoms. The van der Waals surface area contributed by atoms with Gasteiger partial charge in [-0.3, -0.25) is 0 Å². The molecule has 1 saturated carbocycles. The van der Waals surface area contributed by atoms with E-state index in [-0.39, 0.29) is 0 Å². The fourth-order valence-electron chi connectivity index (χ4n) is 3.34. The Balaban J connectivity index is 1.87. The van der Waals surface area contributed by atoms with Crippen molar-refractivity contribution in [3.63, 3.8) is 0 Å². The van der Waals surface area contributed by atoms with Crippen molar-refractivity contribution in [3.05, 3.63) is 70.2 Å². The lowest BCUT2D eigenvalue weighted by Crippen LogP contribution is -2.41. The first kappa shape index (κ1) is 14.8. The van der Waals surface area contributed by atoms with Crippen molar-refractivity contribution in [3.8, 4) is 0 Å². The minimum atomic E-state index is 0.326. The molecule has 2 aromatic carbocycles. The molecule has 0 aromatic heterocycles. The predicted molar refractivity (Wildman–Crippen MR) is 92.7 cm³/mol. The Hall–Kier alpha value is -1.12. The number of hydrogen-bond donors (Lipinski definition) is 1. The summed E-state index contributed by atoms with van der Waals surface area (Å²) in [5, 5.41) is 3.74. The van der Waals surface area contributed by atoms with Gasteiger partial charge in [0.15, 0.2) is 0 Å². The Morgan fingerprint density at radius 1 is 1.05 bits per heavy atom. The van der Waals surface area contributed by atoms with Crippen LogP contribution in [0.25, 0.3) is 0 Å². The lowest BCUT2D eigenvalue weighted by molar-refractivity contribution is 0.421. The highest BCUT2D eigenvalue weighted by atomic mass is 79.9. The predicted octanol–water partition coefficient (Wildman–Crippen LogP) is 4.70. The average molecular weight is 344 g/mol. The number of rotatable bonds is 6. The third-order valence-electron chi connectivity index (χ3n) is 4.64. The Bertz CT molecular complexity index is 590. The third kappa shape index (κ3) is 3.07. The molecule has 0 aliphatic heterocycles. The quantitative estimate of drug-likeness (QED) is 0.801. The van der Waals surface area contributed by atoms with Gasteiger partial charge in [0.05, 0.1) is 0 Å². The molecule has 0 spiro atoms. The van der Waals surface area contributed by atoms with Gasteiger partial charge >= 0.3 is 0 Å². The summed E-state index contributed by atoms with van der Waals surface area (Å²) in [6.45, 7) is 3.22. The fraction of sp³-hybridized carbons (Fsp3) is 0.368. The van der Waals surface area contributed by atoms with Crippen molar-refractivity contribution in [2.24, 2.45) is 0 Å². The van der Waals surface area contributed by atoms with E-state index in [1.807, 2.05) is 0 Å². The normalized spacial score (nSPS) is 17.4. The Labute approximate surface area is 135 Å². The van der Waals surface area contributed by atoms with Crippen LogP contribution in [-0.2, 0) is 11.8 Å². The maximum atomic E-state index is 3.74. The minimum Gasteiger partial charge on any atom is -0.313 e. The maximum Gasteiger partial charge on any atom is 0.0207 e. The van der Waals surface area contributed by atoms with Crippen molar-refractivity contribution in [2.75, 3.05) is 6.54 Å². The molecule has 1 atom stereocenters. The van der Waals surface area contributed by atoms with Crippen LogP contribution in [0.1, 0.15) is 30.9 Å². The van der Waals surface area contributed by atoms with Crippen LogP contribution in [0.15, 0.2) is 59.1 Å². The van der Waals surface area contributed by atoms with E-state index in [9.17, 15) is 0 Å². The number of hydrogen-bond acceptors (Lipinski definition) is 1. The van der Waals surface area contributed by atoms with Gasteiger partial charge in [-0.25, -0.2) is 0 Å². The van der Waals surface area contributed by atoms with E-state index >= 15 is 0 Å². The molecule has 2 aromatic rings. The second-order valence-corrected chi connectivity index (χ2v) is 6.78. The van der Waals surface area contributed by atoms with Crippen LogP contribution in [-0.4, -0.2) is 12.6 Å². The molecule has 0 heterocycles. The number of halogens is 1. The van der Waals surface area contributed by atoms with Gasteiger partial charge in [-0.05, 0) is 43.0 Å². The van der Waals surface area contributed by atoms with Gasteiger partial charge in [-0.15, -0.1) is 0 Å². The summed E-state index contributed by atoms with van der Waals surface area (Å²) in [5.74, 6) is 0. The lowest BCUT2D eigenvalue weighted by Gasteiger charge is -2.29. The minimum absolute atomic E-state index is 0.326. The summed E-state index contributed by atoms with van der Waals surface area (Å²) in [4.78, 5) is 0. The molecule has 0 bridgehead atoms. The Morgan fingerprint density at radius 2 is 1.71 bits per heavy atom. The SMILES string of the molecule is CCNC(Cc1ccccc1Br)C1(c2ccccc2)CC1.